The van der Waals surface area contributed by atoms with Crippen LogP contribution in [0.5, 0.6) is 0 Å². The number of carboxylic acids is 1. The predicted molar refractivity (Wildman–Crippen MR) is 138 cm³/mol. The highest BCUT2D eigenvalue weighted by atomic mass is 35.5. The molecule has 2 aliphatic heterocycles. The number of rotatable bonds is 8. The molecule has 3 amide bonds. The molecule has 3 aromatic rings. The van der Waals surface area contributed by atoms with Gasteiger partial charge in [-0.05, 0) is 18.1 Å². The van der Waals surface area contributed by atoms with Gasteiger partial charge in [0.25, 0.3) is 11.8 Å². The summed E-state index contributed by atoms with van der Waals surface area (Å²) >= 11 is 7.01. The first kappa shape index (κ1) is 26.4. The molecule has 16 heteroatoms. The molecule has 1 fully saturated rings. The zero-order valence-electron chi connectivity index (χ0n) is 20.3. The summed E-state index contributed by atoms with van der Waals surface area (Å²) in [5, 5.41) is 21.9. The Labute approximate surface area is 229 Å². The second-order valence-corrected chi connectivity index (χ2v) is 10.2. The molecule has 4 heterocycles. The molecular formula is C23H21ClN8O6S. The van der Waals surface area contributed by atoms with Crippen LogP contribution >= 0.6 is 23.4 Å². The van der Waals surface area contributed by atoms with E-state index in [2.05, 4.69) is 25.9 Å². The molecule has 1 aromatic carbocycles. The van der Waals surface area contributed by atoms with Gasteiger partial charge in [0.1, 0.15) is 29.5 Å². The lowest BCUT2D eigenvalue weighted by Crippen LogP contribution is -2.71. The van der Waals surface area contributed by atoms with Gasteiger partial charge in [-0.25, -0.2) is 19.0 Å². The van der Waals surface area contributed by atoms with Crippen LogP contribution in [0.3, 0.4) is 0 Å². The van der Waals surface area contributed by atoms with Crippen LogP contribution in [0.2, 0.25) is 0 Å². The quantitative estimate of drug-likeness (QED) is 0.240. The van der Waals surface area contributed by atoms with Crippen molar-refractivity contribution in [3.8, 4) is 0 Å². The zero-order chi connectivity index (χ0) is 27.8. The number of amides is 3. The number of benzene rings is 1. The van der Waals surface area contributed by atoms with E-state index in [0.29, 0.717) is 16.9 Å². The summed E-state index contributed by atoms with van der Waals surface area (Å²) in [5.41, 5.74) is -0.0350. The first-order valence-electron chi connectivity index (χ1n) is 11.6. The molecule has 5 rings (SSSR count). The van der Waals surface area contributed by atoms with Crippen molar-refractivity contribution in [3.05, 3.63) is 69.7 Å². The van der Waals surface area contributed by atoms with Crippen LogP contribution in [0.4, 0.5) is 0 Å². The van der Waals surface area contributed by atoms with Crippen LogP contribution in [0.25, 0.3) is 5.65 Å². The van der Waals surface area contributed by atoms with E-state index in [1.807, 2.05) is 0 Å². The van der Waals surface area contributed by atoms with Gasteiger partial charge in [-0.2, -0.15) is 4.68 Å². The van der Waals surface area contributed by atoms with Crippen molar-refractivity contribution in [3.63, 3.8) is 0 Å². The number of imidazole rings is 1. The Morgan fingerprint density at radius 1 is 1.23 bits per heavy atom. The monoisotopic (exact) mass is 572 g/mol. The molecule has 0 spiro atoms. The Hall–Kier alpha value is -4.24. The molecule has 0 unspecified atom stereocenters. The highest BCUT2D eigenvalue weighted by Gasteiger charge is 2.54. The number of nitrogens with zero attached hydrogens (tertiary/aromatic N) is 6. The summed E-state index contributed by atoms with van der Waals surface area (Å²) in [4.78, 5) is 68.9. The van der Waals surface area contributed by atoms with Crippen LogP contribution in [0.1, 0.15) is 29.0 Å². The number of aromatic nitrogens is 5. The molecule has 1 saturated heterocycles. The molecule has 0 radical (unpaired) electrons. The Balaban J connectivity index is 1.39. The van der Waals surface area contributed by atoms with Crippen LogP contribution in [-0.4, -0.2) is 81.1 Å². The minimum absolute atomic E-state index is 0.0833. The number of hydrogen-bond donors (Lipinski definition) is 3. The van der Waals surface area contributed by atoms with E-state index in [1.165, 1.54) is 16.7 Å². The molecule has 0 bridgehead atoms. The molecule has 0 saturated carbocycles. The van der Waals surface area contributed by atoms with Crippen LogP contribution in [0.15, 0.2) is 52.7 Å². The number of carbonyl (C=O) groups is 4. The molecule has 2 aromatic heterocycles. The number of carboxylic acid groups (broad SMARTS) is 1. The van der Waals surface area contributed by atoms with E-state index in [9.17, 15) is 29.1 Å². The minimum atomic E-state index is -1.24. The average Bonchev–Trinajstić information content (AvgIpc) is 3.37. The summed E-state index contributed by atoms with van der Waals surface area (Å²) in [6.45, 7) is 1.75. The summed E-state index contributed by atoms with van der Waals surface area (Å²) in [6.07, 6.45) is 1.13. The fourth-order valence-electron chi connectivity index (χ4n) is 4.37. The topological polar surface area (TPSA) is 181 Å². The maximum absolute atomic E-state index is 13.4. The van der Waals surface area contributed by atoms with Crippen LogP contribution in [-0.2, 0) is 20.9 Å². The molecule has 3 atom stereocenters. The Morgan fingerprint density at radius 2 is 1.97 bits per heavy atom. The smallest absolute Gasteiger partial charge is 0.353 e. The number of alkyl halides is 1. The largest absolute Gasteiger partial charge is 0.477 e. The molecule has 14 nitrogen and oxygen atoms in total. The highest BCUT2D eigenvalue weighted by molar-refractivity contribution is 8.00. The van der Waals surface area contributed by atoms with E-state index in [1.54, 1.807) is 37.3 Å². The molecule has 2 aliphatic rings. The van der Waals surface area contributed by atoms with Crippen molar-refractivity contribution in [2.75, 3.05) is 11.6 Å². The number of carbonyl (C=O) groups excluding carboxylic acids is 3. The van der Waals surface area contributed by atoms with Gasteiger partial charge in [0, 0.05) is 11.6 Å². The van der Waals surface area contributed by atoms with E-state index in [-0.39, 0.29) is 29.5 Å². The standard InChI is InChI=1S/C23H21ClN8O6S/c1-11-9-39-21-15(20(35)32(21)16(11)22(36)37)27-18(33)13(12-5-3-2-4-6-12)26-19(34)14-17-28-29-31(8-7-24)23(38)30(17)10-25-14/h2-6,10,13,15,21H,7-9H2,1H3,(H,26,34)(H,27,33)(H,36,37)/t13-,15+,21+/m0/s1. The third-order valence-corrected chi connectivity index (χ3v) is 7.85. The van der Waals surface area contributed by atoms with Gasteiger partial charge < -0.3 is 15.7 Å². The minimum Gasteiger partial charge on any atom is -0.477 e. The number of thioether (sulfide) groups is 1. The molecule has 39 heavy (non-hydrogen) atoms. The fraction of sp³-hybridized carbons (Fsp3) is 0.304. The normalized spacial score (nSPS) is 19.3. The van der Waals surface area contributed by atoms with Crippen molar-refractivity contribution >= 4 is 52.7 Å². The molecule has 0 aliphatic carbocycles. The van der Waals surface area contributed by atoms with E-state index in [0.717, 1.165) is 15.4 Å². The van der Waals surface area contributed by atoms with Crippen molar-refractivity contribution in [2.24, 2.45) is 0 Å². The van der Waals surface area contributed by atoms with Crippen molar-refractivity contribution in [2.45, 2.75) is 30.9 Å². The van der Waals surface area contributed by atoms with E-state index >= 15 is 0 Å². The van der Waals surface area contributed by atoms with E-state index in [4.69, 9.17) is 11.6 Å². The van der Waals surface area contributed by atoms with Crippen molar-refractivity contribution in [1.82, 2.24) is 39.9 Å². The second-order valence-electron chi connectivity index (χ2n) is 8.72. The maximum atomic E-state index is 13.4. The lowest BCUT2D eigenvalue weighted by molar-refractivity contribution is -0.151. The number of β-lactam (4-membered cyclic amide) rings is 1. The van der Waals surface area contributed by atoms with Gasteiger partial charge in [-0.1, -0.05) is 35.5 Å². The Kier molecular flexibility index (Phi) is 7.10. The predicted octanol–water partition coefficient (Wildman–Crippen LogP) is -0.246. The summed E-state index contributed by atoms with van der Waals surface area (Å²) in [6, 6.07) is 6.12. The lowest BCUT2D eigenvalue weighted by atomic mass is 10.0. The van der Waals surface area contributed by atoms with Gasteiger partial charge in [0.05, 0.1) is 6.54 Å². The number of aryl methyl sites for hydroxylation is 1. The van der Waals surface area contributed by atoms with Gasteiger partial charge in [0.2, 0.25) is 5.91 Å². The summed E-state index contributed by atoms with van der Waals surface area (Å²) in [7, 11) is 0. The summed E-state index contributed by atoms with van der Waals surface area (Å²) in [5.74, 6) is -2.73. The number of hydrogen-bond acceptors (Lipinski definition) is 9. The Morgan fingerprint density at radius 3 is 2.67 bits per heavy atom. The molecular weight excluding hydrogens is 552 g/mol. The van der Waals surface area contributed by atoms with Gasteiger partial charge in [0.15, 0.2) is 11.3 Å². The third-order valence-electron chi connectivity index (χ3n) is 6.26. The first-order valence-corrected chi connectivity index (χ1v) is 13.2. The maximum Gasteiger partial charge on any atom is 0.353 e. The fourth-order valence-corrected chi connectivity index (χ4v) is 5.83. The molecule has 3 N–H and O–H groups in total. The number of nitrogens with one attached hydrogen (secondary N) is 2. The van der Waals surface area contributed by atoms with Gasteiger partial charge in [-0.3, -0.25) is 19.3 Å². The first-order chi connectivity index (χ1) is 18.7. The average molecular weight is 573 g/mol. The third kappa shape index (κ3) is 4.63. The second kappa shape index (κ2) is 10.5. The van der Waals surface area contributed by atoms with Crippen LogP contribution in [0, 0.1) is 0 Å². The van der Waals surface area contributed by atoms with Crippen molar-refractivity contribution in [1.29, 1.82) is 0 Å². The number of halogens is 1. The van der Waals surface area contributed by atoms with Gasteiger partial charge >= 0.3 is 11.7 Å². The number of fused-ring (bicyclic) bond motifs is 2. The summed E-state index contributed by atoms with van der Waals surface area (Å²) < 4.78 is 2.07. The SMILES string of the molecule is CC1=C(C(=O)O)N2C(=O)[C@@H](NC(=O)[C@@H](NC(=O)c3ncn4c(=O)n(CCCl)nnc34)c3ccccc3)[C@H]2SC1. The molecule has 202 valence electrons. The Bertz CT molecular complexity index is 1590. The van der Waals surface area contributed by atoms with Gasteiger partial charge in [-0.15, -0.1) is 28.5 Å². The van der Waals surface area contributed by atoms with E-state index < -0.39 is 46.8 Å². The number of aliphatic carboxylic acids is 1. The van der Waals surface area contributed by atoms with Crippen molar-refractivity contribution < 1.29 is 24.3 Å². The highest BCUT2D eigenvalue weighted by Crippen LogP contribution is 2.40. The van der Waals surface area contributed by atoms with Crippen LogP contribution < -0.4 is 16.3 Å². The lowest BCUT2D eigenvalue weighted by Gasteiger charge is -2.49. The zero-order valence-corrected chi connectivity index (χ0v) is 21.8.